The number of aliphatic carboxylic acids is 2. The maximum atomic E-state index is 10.6. The van der Waals surface area contributed by atoms with Crippen LogP contribution in [-0.4, -0.2) is 21.1 Å². The van der Waals surface area contributed by atoms with E-state index in [0.29, 0.717) is 4.77 Å². The highest BCUT2D eigenvalue weighted by molar-refractivity contribution is 7.71. The van der Waals surface area contributed by atoms with Crippen molar-refractivity contribution in [2.24, 2.45) is 0 Å². The molecule has 20 heavy (non-hydrogen) atoms. The molecule has 7 heteroatoms. The minimum atomic E-state index is -1.15. The molecule has 2 aromatic rings. The maximum Gasteiger partial charge on any atom is 0.180 e. The number of benzene rings is 1. The van der Waals surface area contributed by atoms with Gasteiger partial charge in [0, 0.05) is 37.9 Å². The summed E-state index contributed by atoms with van der Waals surface area (Å²) in [6, 6.07) is 7.26. The van der Waals surface area contributed by atoms with Gasteiger partial charge in [0.05, 0.1) is 11.0 Å². The largest absolute Gasteiger partial charge is 0.550 e. The van der Waals surface area contributed by atoms with E-state index in [1.54, 1.807) is 9.13 Å². The van der Waals surface area contributed by atoms with E-state index in [2.05, 4.69) is 0 Å². The number of rotatable bonds is 6. The van der Waals surface area contributed by atoms with Crippen molar-refractivity contribution < 1.29 is 19.8 Å². The maximum absolute atomic E-state index is 10.6. The Morgan fingerprint density at radius 3 is 1.70 bits per heavy atom. The quantitative estimate of drug-likeness (QED) is 0.666. The van der Waals surface area contributed by atoms with Crippen molar-refractivity contribution in [2.75, 3.05) is 0 Å². The third-order valence-corrected chi connectivity index (χ3v) is 3.44. The Morgan fingerprint density at radius 2 is 1.35 bits per heavy atom. The summed E-state index contributed by atoms with van der Waals surface area (Å²) in [5.41, 5.74) is 1.55. The van der Waals surface area contributed by atoms with Gasteiger partial charge in [0.2, 0.25) is 0 Å². The Morgan fingerprint density at radius 1 is 0.950 bits per heavy atom. The normalized spacial score (nSPS) is 10.8. The van der Waals surface area contributed by atoms with Gasteiger partial charge in [0.15, 0.2) is 4.77 Å². The van der Waals surface area contributed by atoms with Crippen LogP contribution in [0.25, 0.3) is 11.0 Å². The number of carbonyl (C=O) groups excluding carboxylic acids is 2. The molecule has 0 bridgehead atoms. The lowest BCUT2D eigenvalue weighted by atomic mass is 10.3. The zero-order chi connectivity index (χ0) is 14.7. The number of nitrogens with zero attached hydrogens (tertiary/aromatic N) is 2. The molecule has 0 fully saturated rings. The second kappa shape index (κ2) is 5.87. The fraction of sp³-hybridized carbons (Fsp3) is 0.308. The highest BCUT2D eigenvalue weighted by Gasteiger charge is 2.09. The Hall–Kier alpha value is -2.15. The van der Waals surface area contributed by atoms with E-state index < -0.39 is 11.9 Å². The molecular weight excluding hydrogens is 280 g/mol. The summed E-state index contributed by atoms with van der Waals surface area (Å²) in [6.07, 6.45) is -0.300. The number of aryl methyl sites for hydroxylation is 2. The summed E-state index contributed by atoms with van der Waals surface area (Å²) in [4.78, 5) is 21.2. The highest BCUT2D eigenvalue weighted by Crippen LogP contribution is 2.18. The summed E-state index contributed by atoms with van der Waals surface area (Å²) >= 11 is 5.30. The zero-order valence-corrected chi connectivity index (χ0v) is 11.4. The fourth-order valence-electron chi connectivity index (χ4n) is 2.11. The topological polar surface area (TPSA) is 90.1 Å². The van der Waals surface area contributed by atoms with Crippen LogP contribution in [0.1, 0.15) is 12.8 Å². The van der Waals surface area contributed by atoms with Gasteiger partial charge in [-0.15, -0.1) is 0 Å². The highest BCUT2D eigenvalue weighted by atomic mass is 32.1. The summed E-state index contributed by atoms with van der Waals surface area (Å²) in [6.45, 7) is 0.389. The first-order chi connectivity index (χ1) is 9.50. The first-order valence-corrected chi connectivity index (χ1v) is 6.49. The standard InChI is InChI=1S/C13H14N2O4S/c16-11(17)5-7-14-9-3-1-2-4-10(9)15(13(14)20)8-6-12(18)19/h1-4H,5-8H2,(H,16,17)(H,18,19)/p-2. The van der Waals surface area contributed by atoms with Crippen LogP contribution in [0.2, 0.25) is 0 Å². The van der Waals surface area contributed by atoms with Crippen LogP contribution in [0.5, 0.6) is 0 Å². The monoisotopic (exact) mass is 292 g/mol. The third-order valence-electron chi connectivity index (χ3n) is 3.00. The molecule has 0 N–H and O–H groups in total. The summed E-state index contributed by atoms with van der Waals surface area (Å²) < 4.78 is 3.75. The van der Waals surface area contributed by atoms with E-state index in [4.69, 9.17) is 12.2 Å². The van der Waals surface area contributed by atoms with Crippen molar-refractivity contribution >= 4 is 35.2 Å². The van der Waals surface area contributed by atoms with Gasteiger partial charge < -0.3 is 28.9 Å². The van der Waals surface area contributed by atoms with Gasteiger partial charge in [-0.3, -0.25) is 0 Å². The molecule has 0 saturated heterocycles. The van der Waals surface area contributed by atoms with Crippen molar-refractivity contribution in [1.82, 2.24) is 9.13 Å². The van der Waals surface area contributed by atoms with Gasteiger partial charge in [0.25, 0.3) is 0 Å². The predicted molar refractivity (Wildman–Crippen MR) is 70.0 cm³/mol. The second-order valence-corrected chi connectivity index (χ2v) is 4.68. The Labute approximate surface area is 119 Å². The van der Waals surface area contributed by atoms with Crippen LogP contribution in [0, 0.1) is 4.77 Å². The molecule has 1 aromatic heterocycles. The number of carbonyl (C=O) groups is 2. The molecule has 1 heterocycles. The first kappa shape index (κ1) is 14.3. The lowest BCUT2D eigenvalue weighted by Gasteiger charge is -2.06. The zero-order valence-electron chi connectivity index (χ0n) is 10.6. The van der Waals surface area contributed by atoms with Gasteiger partial charge >= 0.3 is 0 Å². The van der Waals surface area contributed by atoms with Crippen molar-refractivity contribution in [2.45, 2.75) is 25.9 Å². The molecule has 1 aromatic carbocycles. The molecule has 0 unspecified atom stereocenters. The molecule has 0 amide bonds. The molecule has 6 nitrogen and oxygen atoms in total. The predicted octanol–water partition coefficient (Wildman–Crippen LogP) is -0.548. The SMILES string of the molecule is O=C([O-])CCn1c(=S)n(CCC(=O)[O-])c2ccccc21. The number of hydrogen-bond donors (Lipinski definition) is 0. The van der Waals surface area contributed by atoms with E-state index >= 15 is 0 Å². The fourth-order valence-corrected chi connectivity index (χ4v) is 2.49. The van der Waals surface area contributed by atoms with Crippen molar-refractivity contribution in [1.29, 1.82) is 0 Å². The van der Waals surface area contributed by atoms with E-state index in [1.165, 1.54) is 0 Å². The third kappa shape index (κ3) is 2.88. The Balaban J connectivity index is 2.46. The number of carboxylic acids is 2. The van der Waals surface area contributed by atoms with Crippen LogP contribution in [0.4, 0.5) is 0 Å². The van der Waals surface area contributed by atoms with Gasteiger partial charge in [0.1, 0.15) is 0 Å². The van der Waals surface area contributed by atoms with Crippen molar-refractivity contribution in [3.05, 3.63) is 29.0 Å². The van der Waals surface area contributed by atoms with E-state index in [-0.39, 0.29) is 25.9 Å². The average molecular weight is 292 g/mol. The molecule has 0 radical (unpaired) electrons. The molecule has 2 rings (SSSR count). The first-order valence-electron chi connectivity index (χ1n) is 6.08. The van der Waals surface area contributed by atoms with Gasteiger partial charge in [-0.2, -0.15) is 0 Å². The summed E-state index contributed by atoms with van der Waals surface area (Å²) in [5, 5.41) is 21.2. The van der Waals surface area contributed by atoms with Crippen LogP contribution < -0.4 is 10.2 Å². The lowest BCUT2D eigenvalue weighted by molar-refractivity contribution is -0.307. The van der Waals surface area contributed by atoms with Crippen LogP contribution in [0.15, 0.2) is 24.3 Å². The van der Waals surface area contributed by atoms with Gasteiger partial charge in [-0.1, -0.05) is 12.1 Å². The number of fused-ring (bicyclic) bond motifs is 1. The average Bonchev–Trinajstić information content (AvgIpc) is 2.66. The van der Waals surface area contributed by atoms with E-state index in [9.17, 15) is 19.8 Å². The molecule has 0 aliphatic heterocycles. The number of imidazole rings is 1. The minimum absolute atomic E-state index is 0.150. The smallest absolute Gasteiger partial charge is 0.180 e. The lowest BCUT2D eigenvalue weighted by Crippen LogP contribution is -2.24. The van der Waals surface area contributed by atoms with Crippen LogP contribution in [0.3, 0.4) is 0 Å². The summed E-state index contributed by atoms with van der Waals surface area (Å²) in [5.74, 6) is -2.31. The van der Waals surface area contributed by atoms with E-state index in [0.717, 1.165) is 11.0 Å². The molecule has 0 aliphatic carbocycles. The molecule has 0 atom stereocenters. The molecule has 0 spiro atoms. The number of aromatic nitrogens is 2. The Bertz CT molecular complexity index is 659. The number of para-hydroxylation sites is 2. The van der Waals surface area contributed by atoms with Crippen LogP contribution in [-0.2, 0) is 22.7 Å². The summed E-state index contributed by atoms with van der Waals surface area (Å²) in [7, 11) is 0. The molecule has 106 valence electrons. The number of hydrogen-bond acceptors (Lipinski definition) is 5. The van der Waals surface area contributed by atoms with Gasteiger partial charge in [-0.05, 0) is 24.4 Å². The molecule has 0 saturated carbocycles. The molecule has 0 aliphatic rings. The minimum Gasteiger partial charge on any atom is -0.550 e. The van der Waals surface area contributed by atoms with Crippen molar-refractivity contribution in [3.8, 4) is 0 Å². The van der Waals surface area contributed by atoms with Crippen LogP contribution >= 0.6 is 12.2 Å². The van der Waals surface area contributed by atoms with Gasteiger partial charge in [-0.25, -0.2) is 0 Å². The van der Waals surface area contributed by atoms with Crippen molar-refractivity contribution in [3.63, 3.8) is 0 Å². The number of carboxylic acid groups (broad SMARTS) is 2. The second-order valence-electron chi connectivity index (χ2n) is 4.32. The molecular formula is C13H12N2O4S-2. The van der Waals surface area contributed by atoms with E-state index in [1.807, 2.05) is 24.3 Å². The Kier molecular flexibility index (Phi) is 4.19.